The molecular weight excluding hydrogens is 406 g/mol. The molecule has 0 aromatic heterocycles. The minimum atomic E-state index is -4.28. The average Bonchev–Trinajstić information content (AvgIpc) is 3.10. The van der Waals surface area contributed by atoms with E-state index in [0.717, 1.165) is 30.4 Å². The number of hydrogen-bond donors (Lipinski definition) is 0. The summed E-state index contributed by atoms with van der Waals surface area (Å²) in [4.78, 5) is -0.0581. The smallest absolute Gasteiger partial charge is 0.200 e. The fourth-order valence-corrected chi connectivity index (χ4v) is 7.39. The van der Waals surface area contributed by atoms with Crippen molar-refractivity contribution >= 4 is 20.0 Å². The number of nitrogens with zero attached hydrogens (tertiary/aromatic N) is 1. The number of benzene rings is 2. The molecule has 0 bridgehead atoms. The predicted octanol–water partition coefficient (Wildman–Crippen LogP) is 4.78. The van der Waals surface area contributed by atoms with Crippen LogP contribution in [0.5, 0.6) is 0 Å². The van der Waals surface area contributed by atoms with E-state index < -0.39 is 20.0 Å². The van der Waals surface area contributed by atoms with E-state index in [1.54, 1.807) is 24.3 Å². The maximum atomic E-state index is 13.5. The number of sulfonamides is 2. The van der Waals surface area contributed by atoms with Crippen molar-refractivity contribution in [3.05, 3.63) is 71.4 Å². The fourth-order valence-electron chi connectivity index (χ4n) is 3.57. The summed E-state index contributed by atoms with van der Waals surface area (Å²) in [6.07, 6.45) is 4.87. The van der Waals surface area contributed by atoms with Crippen LogP contribution in [-0.2, 0) is 20.0 Å². The van der Waals surface area contributed by atoms with Crippen molar-refractivity contribution in [2.24, 2.45) is 5.92 Å². The summed E-state index contributed by atoms with van der Waals surface area (Å²) in [7, 11) is -8.56. The maximum Gasteiger partial charge on any atom is 0.277 e. The first-order chi connectivity index (χ1) is 13.7. The van der Waals surface area contributed by atoms with Crippen molar-refractivity contribution in [3.8, 4) is 0 Å². The van der Waals surface area contributed by atoms with Crippen molar-refractivity contribution in [1.82, 2.24) is 3.71 Å². The van der Waals surface area contributed by atoms with Gasteiger partial charge in [-0.05, 0) is 63.3 Å². The molecule has 1 atom stereocenters. The normalized spacial score (nSPS) is 17.2. The summed E-state index contributed by atoms with van der Waals surface area (Å²) in [6.45, 7) is 5.77. The standard InChI is InChI=1S/C22H27NO4S2/c1-4-5-19-10-11-20(16-19)23(28(24,25)21-12-6-17(2)7-13-21)29(26,27)22-14-8-18(3)9-15-22/h6-9,12-16,19H,4-5,10-11H2,1-3H3. The monoisotopic (exact) mass is 433 g/mol. The van der Waals surface area contributed by atoms with Crippen LogP contribution in [0.2, 0.25) is 0 Å². The molecule has 0 aliphatic heterocycles. The van der Waals surface area contributed by atoms with Gasteiger partial charge in [-0.1, -0.05) is 54.8 Å². The van der Waals surface area contributed by atoms with Crippen molar-refractivity contribution in [2.45, 2.75) is 56.2 Å². The molecule has 7 heteroatoms. The number of rotatable bonds is 7. The van der Waals surface area contributed by atoms with Crippen LogP contribution in [0, 0.1) is 19.8 Å². The second kappa shape index (κ2) is 8.32. The molecule has 0 radical (unpaired) electrons. The molecule has 5 nitrogen and oxygen atoms in total. The lowest BCUT2D eigenvalue weighted by molar-refractivity contribution is 0.521. The Morgan fingerprint density at radius 1 is 0.828 bits per heavy atom. The van der Waals surface area contributed by atoms with Crippen LogP contribution >= 0.6 is 0 Å². The van der Waals surface area contributed by atoms with Crippen LogP contribution in [0.4, 0.5) is 0 Å². The van der Waals surface area contributed by atoms with Gasteiger partial charge in [0, 0.05) is 5.70 Å². The van der Waals surface area contributed by atoms with E-state index in [1.165, 1.54) is 24.3 Å². The molecule has 2 aromatic rings. The lowest BCUT2D eigenvalue weighted by Gasteiger charge is -2.25. The van der Waals surface area contributed by atoms with Gasteiger partial charge in [-0.15, -0.1) is 0 Å². The lowest BCUT2D eigenvalue weighted by atomic mass is 10.0. The SMILES string of the molecule is CCCC1C=C(N(S(=O)(=O)c2ccc(C)cc2)S(=O)(=O)c2ccc(C)cc2)CC1. The molecule has 1 aliphatic rings. The summed E-state index contributed by atoms with van der Waals surface area (Å²) in [6, 6.07) is 12.5. The first kappa shape index (κ1) is 21.6. The Kier molecular flexibility index (Phi) is 6.19. The molecule has 0 saturated heterocycles. The average molecular weight is 434 g/mol. The molecule has 3 rings (SSSR count). The van der Waals surface area contributed by atoms with Crippen LogP contribution in [0.1, 0.15) is 43.7 Å². The summed E-state index contributed by atoms with van der Waals surface area (Å²) < 4.78 is 54.6. The number of hydrogen-bond acceptors (Lipinski definition) is 4. The number of allylic oxidation sites excluding steroid dienone is 2. The Morgan fingerprint density at radius 2 is 1.28 bits per heavy atom. The number of aryl methyl sites for hydroxylation is 2. The molecular formula is C22H27NO4S2. The Hall–Kier alpha value is -2.12. The van der Waals surface area contributed by atoms with E-state index in [1.807, 2.05) is 19.9 Å². The molecule has 0 amide bonds. The van der Waals surface area contributed by atoms with Crippen molar-refractivity contribution < 1.29 is 16.8 Å². The third kappa shape index (κ3) is 4.41. The Bertz CT molecular complexity index is 1020. The summed E-state index contributed by atoms with van der Waals surface area (Å²) in [5.74, 6) is 0.193. The van der Waals surface area contributed by atoms with E-state index in [4.69, 9.17) is 0 Å². The molecule has 0 spiro atoms. The minimum Gasteiger partial charge on any atom is -0.200 e. The van der Waals surface area contributed by atoms with Crippen molar-refractivity contribution in [1.29, 1.82) is 0 Å². The highest BCUT2D eigenvalue weighted by molar-refractivity contribution is 8.04. The highest BCUT2D eigenvalue weighted by Gasteiger charge is 2.39. The van der Waals surface area contributed by atoms with E-state index in [2.05, 4.69) is 6.92 Å². The van der Waals surface area contributed by atoms with Crippen molar-refractivity contribution in [2.75, 3.05) is 0 Å². The van der Waals surface area contributed by atoms with Crippen LogP contribution < -0.4 is 0 Å². The largest absolute Gasteiger partial charge is 0.277 e. The van der Waals surface area contributed by atoms with E-state index in [-0.39, 0.29) is 15.7 Å². The lowest BCUT2D eigenvalue weighted by Crippen LogP contribution is -2.36. The zero-order valence-electron chi connectivity index (χ0n) is 17.0. The second-order valence-electron chi connectivity index (χ2n) is 7.58. The van der Waals surface area contributed by atoms with Crippen LogP contribution in [-0.4, -0.2) is 20.5 Å². The highest BCUT2D eigenvalue weighted by atomic mass is 32.3. The van der Waals surface area contributed by atoms with Gasteiger partial charge in [-0.2, -0.15) is 3.71 Å². The van der Waals surface area contributed by atoms with E-state index >= 15 is 0 Å². The zero-order chi connectivity index (χ0) is 21.2. The van der Waals surface area contributed by atoms with Gasteiger partial charge in [0.1, 0.15) is 0 Å². The topological polar surface area (TPSA) is 71.5 Å². The van der Waals surface area contributed by atoms with Gasteiger partial charge in [0.05, 0.1) is 9.79 Å². The summed E-state index contributed by atoms with van der Waals surface area (Å²) in [5, 5.41) is 0. The molecule has 1 unspecified atom stereocenters. The predicted molar refractivity (Wildman–Crippen MR) is 114 cm³/mol. The molecule has 0 heterocycles. The molecule has 29 heavy (non-hydrogen) atoms. The molecule has 0 N–H and O–H groups in total. The molecule has 0 fully saturated rings. The Labute approximate surface area is 174 Å². The van der Waals surface area contributed by atoms with E-state index in [0.29, 0.717) is 15.8 Å². The van der Waals surface area contributed by atoms with Gasteiger partial charge in [0.25, 0.3) is 20.0 Å². The first-order valence-electron chi connectivity index (χ1n) is 9.81. The summed E-state index contributed by atoms with van der Waals surface area (Å²) >= 11 is 0. The quantitative estimate of drug-likeness (QED) is 0.630. The molecule has 156 valence electrons. The van der Waals surface area contributed by atoms with Gasteiger partial charge in [0.15, 0.2) is 0 Å². The highest BCUT2D eigenvalue weighted by Crippen LogP contribution is 2.37. The molecule has 2 aromatic carbocycles. The third-order valence-electron chi connectivity index (χ3n) is 5.17. The van der Waals surface area contributed by atoms with Gasteiger partial charge in [-0.25, -0.2) is 16.8 Å². The van der Waals surface area contributed by atoms with E-state index in [9.17, 15) is 16.8 Å². The second-order valence-corrected chi connectivity index (χ2v) is 11.4. The Morgan fingerprint density at radius 3 is 1.69 bits per heavy atom. The van der Waals surface area contributed by atoms with Crippen LogP contribution in [0.25, 0.3) is 0 Å². The minimum absolute atomic E-state index is 0.0290. The fraction of sp³-hybridized carbons (Fsp3) is 0.364. The first-order valence-corrected chi connectivity index (χ1v) is 12.7. The van der Waals surface area contributed by atoms with Crippen molar-refractivity contribution in [3.63, 3.8) is 0 Å². The van der Waals surface area contributed by atoms with Gasteiger partial charge >= 0.3 is 0 Å². The van der Waals surface area contributed by atoms with Crippen LogP contribution in [0.3, 0.4) is 0 Å². The van der Waals surface area contributed by atoms with Gasteiger partial charge in [0.2, 0.25) is 0 Å². The van der Waals surface area contributed by atoms with Gasteiger partial charge < -0.3 is 0 Å². The van der Waals surface area contributed by atoms with Gasteiger partial charge in [-0.3, -0.25) is 0 Å². The Balaban J connectivity index is 2.16. The molecule has 1 aliphatic carbocycles. The third-order valence-corrected chi connectivity index (χ3v) is 9.42. The zero-order valence-corrected chi connectivity index (χ0v) is 18.6. The summed E-state index contributed by atoms with van der Waals surface area (Å²) in [5.41, 5.74) is 2.14. The maximum absolute atomic E-state index is 13.5. The van der Waals surface area contributed by atoms with Crippen LogP contribution in [0.15, 0.2) is 70.1 Å². The molecule has 0 saturated carbocycles.